The van der Waals surface area contributed by atoms with Gasteiger partial charge >= 0.3 is 0 Å². The zero-order valence-corrected chi connectivity index (χ0v) is 15.0. The molecule has 2 aromatic carbocycles. The van der Waals surface area contributed by atoms with Gasteiger partial charge in [0, 0.05) is 36.3 Å². The molecule has 0 spiro atoms. The quantitative estimate of drug-likeness (QED) is 0.905. The van der Waals surface area contributed by atoms with Crippen LogP contribution in [0.5, 0.6) is 11.5 Å². The molecule has 7 heteroatoms. The predicted octanol–water partition coefficient (Wildman–Crippen LogP) is 2.58. The van der Waals surface area contributed by atoms with Crippen LogP contribution in [0.1, 0.15) is 23.5 Å². The summed E-state index contributed by atoms with van der Waals surface area (Å²) in [7, 11) is -0.150. The van der Waals surface area contributed by atoms with Gasteiger partial charge in [0.25, 0.3) is 0 Å². The molecule has 1 atom stereocenters. The molecule has 3 rings (SSSR count). The Bertz CT molecular complexity index is 919. The molecule has 1 aliphatic heterocycles. The fraction of sp³-hybridized carbons (Fsp3) is 0.278. The highest BCUT2D eigenvalue weighted by Gasteiger charge is 2.30. The van der Waals surface area contributed by atoms with Gasteiger partial charge in [-0.1, -0.05) is 12.1 Å². The largest absolute Gasteiger partial charge is 0.497 e. The number of rotatable bonds is 4. The Hall–Kier alpha value is -2.54. The van der Waals surface area contributed by atoms with Gasteiger partial charge in [0.05, 0.1) is 24.8 Å². The highest BCUT2D eigenvalue weighted by Crippen LogP contribution is 2.44. The van der Waals surface area contributed by atoms with Crippen LogP contribution in [0.4, 0.5) is 5.69 Å². The maximum atomic E-state index is 12.1. The van der Waals surface area contributed by atoms with Crippen LogP contribution >= 0.6 is 0 Å². The van der Waals surface area contributed by atoms with Gasteiger partial charge in [0.15, 0.2) is 9.84 Å². The molecule has 0 fully saturated rings. The number of hydrogen-bond acceptors (Lipinski definition) is 5. The summed E-state index contributed by atoms with van der Waals surface area (Å²) in [5, 5.41) is 2.85. The first-order valence-corrected chi connectivity index (χ1v) is 9.58. The van der Waals surface area contributed by atoms with E-state index >= 15 is 0 Å². The Balaban J connectivity index is 2.11. The van der Waals surface area contributed by atoms with E-state index in [1.807, 2.05) is 0 Å². The molecule has 0 aromatic heterocycles. The van der Waals surface area contributed by atoms with Gasteiger partial charge in [0.1, 0.15) is 11.5 Å². The van der Waals surface area contributed by atoms with Crippen molar-refractivity contribution >= 4 is 21.4 Å². The van der Waals surface area contributed by atoms with Crippen molar-refractivity contribution in [2.75, 3.05) is 25.8 Å². The van der Waals surface area contributed by atoms with Gasteiger partial charge in [-0.2, -0.15) is 0 Å². The molecule has 1 N–H and O–H groups in total. The standard InChI is InChI=1S/C18H19NO5S/c1-23-12-8-15-18(16(9-12)24-2)14(10-17(20)19-15)11-4-6-13(7-5-11)25(3,21)22/h4-9,14H,10H2,1-3H3,(H,19,20). The number of ether oxygens (including phenoxy) is 2. The number of fused-ring (bicyclic) bond motifs is 1. The summed E-state index contributed by atoms with van der Waals surface area (Å²) in [6.45, 7) is 0. The second-order valence-corrected chi connectivity index (χ2v) is 7.95. The highest BCUT2D eigenvalue weighted by molar-refractivity contribution is 7.90. The van der Waals surface area contributed by atoms with E-state index in [0.29, 0.717) is 17.2 Å². The second-order valence-electron chi connectivity index (χ2n) is 5.94. The Morgan fingerprint density at radius 1 is 1.08 bits per heavy atom. The highest BCUT2D eigenvalue weighted by atomic mass is 32.2. The van der Waals surface area contributed by atoms with Gasteiger partial charge < -0.3 is 14.8 Å². The number of anilines is 1. The molecule has 1 unspecified atom stereocenters. The number of sulfone groups is 1. The maximum Gasteiger partial charge on any atom is 0.225 e. The van der Waals surface area contributed by atoms with E-state index in [4.69, 9.17) is 9.47 Å². The van der Waals surface area contributed by atoms with Crippen molar-refractivity contribution in [1.82, 2.24) is 0 Å². The molecule has 25 heavy (non-hydrogen) atoms. The molecule has 1 amide bonds. The molecule has 2 aromatic rings. The summed E-state index contributed by atoms with van der Waals surface area (Å²) in [4.78, 5) is 12.4. The number of hydrogen-bond donors (Lipinski definition) is 1. The Labute approximate surface area is 146 Å². The lowest BCUT2D eigenvalue weighted by Crippen LogP contribution is -2.24. The lowest BCUT2D eigenvalue weighted by molar-refractivity contribution is -0.116. The average Bonchev–Trinajstić information content (AvgIpc) is 2.59. The third-order valence-electron chi connectivity index (χ3n) is 4.29. The van der Waals surface area contributed by atoms with Crippen molar-refractivity contribution in [1.29, 1.82) is 0 Å². The van der Waals surface area contributed by atoms with Crippen molar-refractivity contribution in [3.8, 4) is 11.5 Å². The smallest absolute Gasteiger partial charge is 0.225 e. The minimum atomic E-state index is -3.26. The van der Waals surface area contributed by atoms with Crippen LogP contribution in [-0.2, 0) is 14.6 Å². The Kier molecular flexibility index (Phi) is 4.43. The number of carbonyl (C=O) groups excluding carboxylic acids is 1. The molecule has 0 saturated carbocycles. The van der Waals surface area contributed by atoms with Gasteiger partial charge in [-0.15, -0.1) is 0 Å². The van der Waals surface area contributed by atoms with E-state index in [0.717, 1.165) is 11.1 Å². The maximum absolute atomic E-state index is 12.1. The summed E-state index contributed by atoms with van der Waals surface area (Å²) < 4.78 is 34.0. The topological polar surface area (TPSA) is 81.7 Å². The van der Waals surface area contributed by atoms with Gasteiger partial charge in [0.2, 0.25) is 5.91 Å². The van der Waals surface area contributed by atoms with E-state index in [1.54, 1.807) is 50.6 Å². The molecule has 6 nitrogen and oxygen atoms in total. The number of carbonyl (C=O) groups is 1. The summed E-state index contributed by atoms with van der Waals surface area (Å²) in [5.41, 5.74) is 2.35. The number of nitrogens with one attached hydrogen (secondary N) is 1. The van der Waals surface area contributed by atoms with Crippen LogP contribution in [0.3, 0.4) is 0 Å². The van der Waals surface area contributed by atoms with Crippen molar-refractivity contribution in [3.63, 3.8) is 0 Å². The molecule has 0 aliphatic carbocycles. The first-order chi connectivity index (χ1) is 11.8. The summed E-state index contributed by atoms with van der Waals surface area (Å²) in [6, 6.07) is 10.1. The third kappa shape index (κ3) is 3.32. The van der Waals surface area contributed by atoms with Crippen LogP contribution in [-0.4, -0.2) is 34.8 Å². The molecular weight excluding hydrogens is 342 g/mol. The van der Waals surface area contributed by atoms with Crippen LogP contribution in [0.25, 0.3) is 0 Å². The van der Waals surface area contributed by atoms with E-state index in [-0.39, 0.29) is 23.1 Å². The minimum Gasteiger partial charge on any atom is -0.497 e. The normalized spacial score (nSPS) is 16.8. The van der Waals surface area contributed by atoms with Gasteiger partial charge in [-0.3, -0.25) is 4.79 Å². The molecule has 132 valence electrons. The van der Waals surface area contributed by atoms with E-state index in [2.05, 4.69) is 5.32 Å². The van der Waals surface area contributed by atoms with Gasteiger partial charge in [-0.25, -0.2) is 8.42 Å². The molecule has 0 saturated heterocycles. The molecule has 1 aliphatic rings. The van der Waals surface area contributed by atoms with Crippen LogP contribution in [0.15, 0.2) is 41.3 Å². The van der Waals surface area contributed by atoms with Crippen molar-refractivity contribution < 1.29 is 22.7 Å². The first kappa shape index (κ1) is 17.3. The first-order valence-electron chi connectivity index (χ1n) is 7.69. The fourth-order valence-corrected chi connectivity index (χ4v) is 3.70. The van der Waals surface area contributed by atoms with E-state index in [1.165, 1.54) is 6.26 Å². The van der Waals surface area contributed by atoms with Crippen LogP contribution in [0.2, 0.25) is 0 Å². The summed E-state index contributed by atoms with van der Waals surface area (Å²) in [6.07, 6.45) is 1.43. The molecule has 1 heterocycles. The predicted molar refractivity (Wildman–Crippen MR) is 94.2 cm³/mol. The minimum absolute atomic E-state index is 0.111. The number of benzene rings is 2. The van der Waals surface area contributed by atoms with Gasteiger partial charge in [-0.05, 0) is 17.7 Å². The van der Waals surface area contributed by atoms with Crippen molar-refractivity contribution in [2.24, 2.45) is 0 Å². The SMILES string of the molecule is COc1cc2c(c(OC)c1)C(c1ccc(S(C)(=O)=O)cc1)CC(=O)N2. The fourth-order valence-electron chi connectivity index (χ4n) is 3.07. The summed E-state index contributed by atoms with van der Waals surface area (Å²) >= 11 is 0. The number of methoxy groups -OCH3 is 2. The monoisotopic (exact) mass is 361 g/mol. The average molecular weight is 361 g/mol. The molecule has 0 radical (unpaired) electrons. The Morgan fingerprint density at radius 3 is 2.32 bits per heavy atom. The second kappa shape index (κ2) is 6.40. The van der Waals surface area contributed by atoms with E-state index < -0.39 is 9.84 Å². The summed E-state index contributed by atoms with van der Waals surface area (Å²) in [5.74, 6) is 0.869. The van der Waals surface area contributed by atoms with Crippen molar-refractivity contribution in [2.45, 2.75) is 17.2 Å². The molecule has 0 bridgehead atoms. The zero-order chi connectivity index (χ0) is 18.2. The van der Waals surface area contributed by atoms with Crippen LogP contribution < -0.4 is 14.8 Å². The van der Waals surface area contributed by atoms with E-state index in [9.17, 15) is 13.2 Å². The zero-order valence-electron chi connectivity index (χ0n) is 14.2. The Morgan fingerprint density at radius 2 is 1.76 bits per heavy atom. The van der Waals surface area contributed by atoms with Crippen molar-refractivity contribution in [3.05, 3.63) is 47.5 Å². The third-order valence-corrected chi connectivity index (χ3v) is 5.42. The lowest BCUT2D eigenvalue weighted by atomic mass is 9.84. The number of amides is 1. The lowest BCUT2D eigenvalue weighted by Gasteiger charge is -2.28. The van der Waals surface area contributed by atoms with Crippen LogP contribution in [0, 0.1) is 0 Å². The molecular formula is C18H19NO5S.